The third-order valence-electron chi connectivity index (χ3n) is 4.62. The first-order chi connectivity index (χ1) is 9.78. The molecule has 3 nitrogen and oxygen atoms in total. The Hall–Kier alpha value is -0.420. The number of hydrogen-bond acceptors (Lipinski definition) is 3. The molecule has 2 heterocycles. The van der Waals surface area contributed by atoms with Gasteiger partial charge in [0.05, 0.1) is 0 Å². The van der Waals surface area contributed by atoms with Crippen LogP contribution in [0.15, 0.2) is 28.7 Å². The molecule has 1 N–H and O–H groups in total. The van der Waals surface area contributed by atoms with Crippen molar-refractivity contribution in [2.24, 2.45) is 0 Å². The lowest BCUT2D eigenvalue weighted by atomic mass is 9.96. The SMILES string of the molecule is CCC(c1cccc(Br)c1)N1CC(N2CCNCC2)C1. The average Bonchev–Trinajstić information content (AvgIpc) is 2.43. The third-order valence-corrected chi connectivity index (χ3v) is 5.11. The Morgan fingerprint density at radius 3 is 2.70 bits per heavy atom. The maximum atomic E-state index is 3.59. The molecule has 4 heteroatoms. The van der Waals surface area contributed by atoms with Gasteiger partial charge >= 0.3 is 0 Å². The van der Waals surface area contributed by atoms with Crippen molar-refractivity contribution < 1.29 is 0 Å². The lowest BCUT2D eigenvalue weighted by Crippen LogP contribution is -2.63. The van der Waals surface area contributed by atoms with Gasteiger partial charge in [0.1, 0.15) is 0 Å². The molecule has 2 saturated heterocycles. The molecule has 0 aliphatic carbocycles. The van der Waals surface area contributed by atoms with Gasteiger partial charge < -0.3 is 5.32 Å². The van der Waals surface area contributed by atoms with Crippen LogP contribution in [0, 0.1) is 0 Å². The van der Waals surface area contributed by atoms with Crippen LogP contribution >= 0.6 is 15.9 Å². The smallest absolute Gasteiger partial charge is 0.0351 e. The van der Waals surface area contributed by atoms with Crippen LogP contribution in [0.5, 0.6) is 0 Å². The highest BCUT2D eigenvalue weighted by Crippen LogP contribution is 2.31. The lowest BCUT2D eigenvalue weighted by Gasteiger charge is -2.50. The van der Waals surface area contributed by atoms with Gasteiger partial charge in [0.25, 0.3) is 0 Å². The molecule has 20 heavy (non-hydrogen) atoms. The molecule has 0 saturated carbocycles. The number of rotatable bonds is 4. The molecular formula is C16H24BrN3. The molecule has 0 aromatic heterocycles. The van der Waals surface area contributed by atoms with Gasteiger partial charge in [-0.1, -0.05) is 35.0 Å². The first-order valence-corrected chi connectivity index (χ1v) is 8.51. The predicted octanol–water partition coefficient (Wildman–Crippen LogP) is 2.49. The number of hydrogen-bond donors (Lipinski definition) is 1. The van der Waals surface area contributed by atoms with E-state index in [0.29, 0.717) is 6.04 Å². The zero-order valence-corrected chi connectivity index (χ0v) is 13.8. The summed E-state index contributed by atoms with van der Waals surface area (Å²) in [6.07, 6.45) is 1.19. The predicted molar refractivity (Wildman–Crippen MR) is 87.0 cm³/mol. The van der Waals surface area contributed by atoms with Gasteiger partial charge in [-0.3, -0.25) is 9.80 Å². The molecule has 0 bridgehead atoms. The van der Waals surface area contributed by atoms with E-state index < -0.39 is 0 Å². The molecule has 0 radical (unpaired) electrons. The highest BCUT2D eigenvalue weighted by Gasteiger charge is 2.36. The quantitative estimate of drug-likeness (QED) is 0.910. The molecule has 2 aliphatic heterocycles. The van der Waals surface area contributed by atoms with E-state index in [-0.39, 0.29) is 0 Å². The zero-order chi connectivity index (χ0) is 13.9. The molecule has 2 fully saturated rings. The first-order valence-electron chi connectivity index (χ1n) is 7.72. The summed E-state index contributed by atoms with van der Waals surface area (Å²) in [6, 6.07) is 10.1. The summed E-state index contributed by atoms with van der Waals surface area (Å²) in [4.78, 5) is 5.29. The summed E-state index contributed by atoms with van der Waals surface area (Å²) in [5.74, 6) is 0. The lowest BCUT2D eigenvalue weighted by molar-refractivity contribution is -0.00234. The van der Waals surface area contributed by atoms with E-state index in [2.05, 4.69) is 62.2 Å². The van der Waals surface area contributed by atoms with Gasteiger partial charge in [-0.25, -0.2) is 0 Å². The topological polar surface area (TPSA) is 18.5 Å². The van der Waals surface area contributed by atoms with Crippen molar-refractivity contribution in [3.05, 3.63) is 34.3 Å². The van der Waals surface area contributed by atoms with E-state index in [1.807, 2.05) is 0 Å². The fraction of sp³-hybridized carbons (Fsp3) is 0.625. The molecule has 3 rings (SSSR count). The average molecular weight is 338 g/mol. The van der Waals surface area contributed by atoms with Crippen molar-refractivity contribution in [1.82, 2.24) is 15.1 Å². The van der Waals surface area contributed by atoms with Crippen molar-refractivity contribution in [2.75, 3.05) is 39.3 Å². The fourth-order valence-electron chi connectivity index (χ4n) is 3.44. The summed E-state index contributed by atoms with van der Waals surface area (Å²) in [7, 11) is 0. The van der Waals surface area contributed by atoms with Crippen LogP contribution in [0.25, 0.3) is 0 Å². The number of likely N-dealkylation sites (tertiary alicyclic amines) is 1. The molecule has 1 unspecified atom stereocenters. The second-order valence-corrected chi connectivity index (χ2v) is 6.79. The number of benzene rings is 1. The summed E-state index contributed by atoms with van der Waals surface area (Å²) in [6.45, 7) is 9.48. The van der Waals surface area contributed by atoms with Gasteiger partial charge in [0.15, 0.2) is 0 Å². The Bertz CT molecular complexity index is 439. The third kappa shape index (κ3) is 3.08. The van der Waals surface area contributed by atoms with Crippen molar-refractivity contribution in [1.29, 1.82) is 0 Å². The van der Waals surface area contributed by atoms with E-state index in [0.717, 1.165) is 19.1 Å². The van der Waals surface area contributed by atoms with Gasteiger partial charge in [-0.05, 0) is 24.1 Å². The Kier molecular flexibility index (Phi) is 4.76. The number of nitrogens with one attached hydrogen (secondary N) is 1. The molecule has 1 aromatic carbocycles. The Morgan fingerprint density at radius 1 is 1.30 bits per heavy atom. The highest BCUT2D eigenvalue weighted by molar-refractivity contribution is 9.10. The van der Waals surface area contributed by atoms with Crippen molar-refractivity contribution in [3.63, 3.8) is 0 Å². The van der Waals surface area contributed by atoms with Gasteiger partial charge in [0, 0.05) is 55.8 Å². The molecule has 0 amide bonds. The van der Waals surface area contributed by atoms with Crippen molar-refractivity contribution in [3.8, 4) is 0 Å². The van der Waals surface area contributed by atoms with Gasteiger partial charge in [-0.15, -0.1) is 0 Å². The second kappa shape index (κ2) is 6.56. The Morgan fingerprint density at radius 2 is 2.05 bits per heavy atom. The van der Waals surface area contributed by atoms with E-state index in [1.54, 1.807) is 0 Å². The van der Waals surface area contributed by atoms with Crippen molar-refractivity contribution in [2.45, 2.75) is 25.4 Å². The summed E-state index contributed by atoms with van der Waals surface area (Å²) < 4.78 is 1.19. The summed E-state index contributed by atoms with van der Waals surface area (Å²) >= 11 is 3.59. The molecule has 1 aromatic rings. The van der Waals surface area contributed by atoms with Crippen LogP contribution in [0.4, 0.5) is 0 Å². The molecule has 2 aliphatic rings. The first kappa shape index (κ1) is 14.5. The molecule has 110 valence electrons. The van der Waals surface area contributed by atoms with E-state index in [1.165, 1.54) is 42.6 Å². The van der Waals surface area contributed by atoms with E-state index in [4.69, 9.17) is 0 Å². The number of piperazine rings is 1. The minimum Gasteiger partial charge on any atom is -0.314 e. The monoisotopic (exact) mass is 337 g/mol. The maximum absolute atomic E-state index is 3.59. The molecule has 0 spiro atoms. The minimum absolute atomic E-state index is 0.576. The standard InChI is InChI=1S/C16H24BrN3/c1-2-16(13-4-3-5-14(17)10-13)20-11-15(12-20)19-8-6-18-7-9-19/h3-5,10,15-16,18H,2,6-9,11-12H2,1H3. The van der Waals surface area contributed by atoms with E-state index >= 15 is 0 Å². The van der Waals surface area contributed by atoms with Crippen LogP contribution in [-0.4, -0.2) is 55.1 Å². The Balaban J connectivity index is 1.59. The number of halogens is 1. The van der Waals surface area contributed by atoms with Crippen LogP contribution in [-0.2, 0) is 0 Å². The fourth-order valence-corrected chi connectivity index (χ4v) is 3.86. The normalized spacial score (nSPS) is 23.5. The Labute approximate surface area is 130 Å². The molecule has 1 atom stereocenters. The van der Waals surface area contributed by atoms with Crippen LogP contribution in [0.2, 0.25) is 0 Å². The molecular weight excluding hydrogens is 314 g/mol. The van der Waals surface area contributed by atoms with E-state index in [9.17, 15) is 0 Å². The maximum Gasteiger partial charge on any atom is 0.0351 e. The van der Waals surface area contributed by atoms with Crippen LogP contribution in [0.3, 0.4) is 0 Å². The van der Waals surface area contributed by atoms with Crippen LogP contribution in [0.1, 0.15) is 24.9 Å². The van der Waals surface area contributed by atoms with Crippen molar-refractivity contribution >= 4 is 15.9 Å². The minimum atomic E-state index is 0.576. The van der Waals surface area contributed by atoms with Gasteiger partial charge in [-0.2, -0.15) is 0 Å². The largest absolute Gasteiger partial charge is 0.314 e. The van der Waals surface area contributed by atoms with Crippen LogP contribution < -0.4 is 5.32 Å². The van der Waals surface area contributed by atoms with Gasteiger partial charge in [0.2, 0.25) is 0 Å². The summed E-state index contributed by atoms with van der Waals surface area (Å²) in [5.41, 5.74) is 1.45. The highest BCUT2D eigenvalue weighted by atomic mass is 79.9. The number of nitrogens with zero attached hydrogens (tertiary/aromatic N) is 2. The zero-order valence-electron chi connectivity index (χ0n) is 12.2. The summed E-state index contributed by atoms with van der Waals surface area (Å²) in [5, 5.41) is 3.43. The second-order valence-electron chi connectivity index (χ2n) is 5.87.